The zero-order valence-electron chi connectivity index (χ0n) is 21.5. The maximum Gasteiger partial charge on any atom is 0.338 e. The Bertz CT molecular complexity index is 1170. The number of hydrogen-bond donors (Lipinski definition) is 0. The van der Waals surface area contributed by atoms with E-state index in [1.807, 2.05) is 28.5 Å². The second-order valence-corrected chi connectivity index (χ2v) is 10.7. The molecule has 1 saturated heterocycles. The minimum atomic E-state index is -0.573. The number of benzene rings is 1. The third-order valence-electron chi connectivity index (χ3n) is 6.56. The summed E-state index contributed by atoms with van der Waals surface area (Å²) in [5.41, 5.74) is 2.45. The van der Waals surface area contributed by atoms with Crippen LogP contribution in [0.5, 0.6) is 0 Å². The van der Waals surface area contributed by atoms with Gasteiger partial charge >= 0.3 is 11.9 Å². The van der Waals surface area contributed by atoms with E-state index in [0.717, 1.165) is 11.3 Å². The van der Waals surface area contributed by atoms with E-state index in [2.05, 4.69) is 4.99 Å². The summed E-state index contributed by atoms with van der Waals surface area (Å²) in [5.74, 6) is -0.850. The van der Waals surface area contributed by atoms with E-state index in [-0.39, 0.29) is 30.3 Å². The van der Waals surface area contributed by atoms with Crippen LogP contribution in [-0.4, -0.2) is 58.6 Å². The Morgan fingerprint density at radius 2 is 1.89 bits per heavy atom. The van der Waals surface area contributed by atoms with Gasteiger partial charge < -0.3 is 19.3 Å². The van der Waals surface area contributed by atoms with Gasteiger partial charge in [0.05, 0.1) is 42.4 Å². The van der Waals surface area contributed by atoms with Gasteiger partial charge in [-0.3, -0.25) is 9.59 Å². The van der Waals surface area contributed by atoms with Crippen LogP contribution in [0.2, 0.25) is 5.02 Å². The van der Waals surface area contributed by atoms with Gasteiger partial charge in [0.1, 0.15) is 0 Å². The lowest BCUT2D eigenvalue weighted by Crippen LogP contribution is -2.42. The molecular weight excluding hydrogens is 514 g/mol. The second kappa shape index (κ2) is 11.7. The van der Waals surface area contributed by atoms with Gasteiger partial charge in [0.2, 0.25) is 5.91 Å². The number of carbonyl (C=O) groups is 3. The molecule has 1 fully saturated rings. The van der Waals surface area contributed by atoms with E-state index in [9.17, 15) is 14.4 Å². The van der Waals surface area contributed by atoms with Crippen LogP contribution in [-0.2, 0) is 23.9 Å². The van der Waals surface area contributed by atoms with Crippen LogP contribution in [0.25, 0.3) is 0 Å². The molecule has 0 bridgehead atoms. The molecule has 1 amide bonds. The number of carbonyl (C=O) groups excluding carboxylic acids is 3. The fraction of sp³-hybridized carbons (Fsp3) is 0.481. The van der Waals surface area contributed by atoms with Crippen LogP contribution in [0.4, 0.5) is 0 Å². The van der Waals surface area contributed by atoms with E-state index in [1.165, 1.54) is 11.8 Å². The van der Waals surface area contributed by atoms with E-state index in [4.69, 9.17) is 21.1 Å². The molecule has 0 aliphatic carbocycles. The Labute approximate surface area is 226 Å². The third kappa shape index (κ3) is 5.88. The van der Waals surface area contributed by atoms with Crippen molar-refractivity contribution in [2.24, 2.45) is 10.9 Å². The average molecular weight is 546 g/mol. The standard InChI is InChI=1S/C27H32ClN3O5S/c1-5-35-25(33)18-10-12-30(13-11-18)22(32)14-19-15-37-27-29-17(4)23(26(34)36-16(2)3)24(31(19)27)20-8-6-7-9-21(20)28/h6-9,15-16,18,24H,5,10-14H2,1-4H3/t24-/m1/s1. The highest BCUT2D eigenvalue weighted by Gasteiger charge is 2.42. The van der Waals surface area contributed by atoms with Crippen LogP contribution >= 0.6 is 23.4 Å². The number of piperidine rings is 1. The smallest absolute Gasteiger partial charge is 0.338 e. The third-order valence-corrected chi connectivity index (χ3v) is 7.80. The van der Waals surface area contributed by atoms with Crippen molar-refractivity contribution >= 4 is 46.4 Å². The molecule has 0 radical (unpaired) electrons. The zero-order valence-corrected chi connectivity index (χ0v) is 23.1. The molecule has 198 valence electrons. The molecule has 0 aromatic heterocycles. The Hall–Kier alpha value is -2.78. The lowest BCUT2D eigenvalue weighted by molar-refractivity contribution is -0.151. The van der Waals surface area contributed by atoms with Crippen molar-refractivity contribution in [2.45, 2.75) is 59.1 Å². The number of rotatable bonds is 7. The Morgan fingerprint density at radius 3 is 2.54 bits per heavy atom. The van der Waals surface area contributed by atoms with Gasteiger partial charge in [-0.25, -0.2) is 9.79 Å². The molecule has 0 N–H and O–H groups in total. The van der Waals surface area contributed by atoms with Crippen molar-refractivity contribution < 1.29 is 23.9 Å². The molecule has 1 aromatic rings. The summed E-state index contributed by atoms with van der Waals surface area (Å²) < 4.78 is 10.7. The number of hydrogen-bond acceptors (Lipinski definition) is 8. The van der Waals surface area contributed by atoms with Crippen molar-refractivity contribution in [3.05, 3.63) is 57.2 Å². The van der Waals surface area contributed by atoms with Crippen molar-refractivity contribution in [3.8, 4) is 0 Å². The van der Waals surface area contributed by atoms with Gasteiger partial charge in [0.15, 0.2) is 5.17 Å². The first-order chi connectivity index (χ1) is 17.7. The molecule has 1 atom stereocenters. The lowest BCUT2D eigenvalue weighted by Gasteiger charge is -2.37. The molecule has 0 unspecified atom stereocenters. The highest BCUT2D eigenvalue weighted by Crippen LogP contribution is 2.46. The van der Waals surface area contributed by atoms with E-state index in [1.54, 1.807) is 38.7 Å². The van der Waals surface area contributed by atoms with Gasteiger partial charge in [0, 0.05) is 23.8 Å². The first-order valence-corrected chi connectivity index (χ1v) is 13.8. The van der Waals surface area contributed by atoms with Crippen molar-refractivity contribution in [1.29, 1.82) is 0 Å². The van der Waals surface area contributed by atoms with E-state index in [0.29, 0.717) is 54.0 Å². The number of halogens is 1. The summed E-state index contributed by atoms with van der Waals surface area (Å²) in [6.07, 6.45) is 1.02. The van der Waals surface area contributed by atoms with Gasteiger partial charge in [0.25, 0.3) is 0 Å². The molecule has 3 heterocycles. The predicted molar refractivity (Wildman–Crippen MR) is 144 cm³/mol. The normalized spacial score (nSPS) is 20.0. The van der Waals surface area contributed by atoms with Gasteiger partial charge in [-0.1, -0.05) is 41.6 Å². The highest BCUT2D eigenvalue weighted by atomic mass is 35.5. The van der Waals surface area contributed by atoms with Crippen molar-refractivity contribution in [3.63, 3.8) is 0 Å². The minimum absolute atomic E-state index is 0.0362. The van der Waals surface area contributed by atoms with Gasteiger partial charge in [-0.15, -0.1) is 0 Å². The Balaban J connectivity index is 1.57. The molecular formula is C27H32ClN3O5S. The van der Waals surface area contributed by atoms with Crippen LogP contribution in [0, 0.1) is 5.92 Å². The summed E-state index contributed by atoms with van der Waals surface area (Å²) >= 11 is 8.05. The molecule has 8 nitrogen and oxygen atoms in total. The molecule has 4 rings (SSSR count). The molecule has 0 spiro atoms. The van der Waals surface area contributed by atoms with Crippen LogP contribution < -0.4 is 0 Å². The summed E-state index contributed by atoms with van der Waals surface area (Å²) in [7, 11) is 0. The van der Waals surface area contributed by atoms with E-state index < -0.39 is 12.0 Å². The number of esters is 2. The number of nitrogens with zero attached hydrogens (tertiary/aromatic N) is 3. The van der Waals surface area contributed by atoms with Crippen molar-refractivity contribution in [2.75, 3.05) is 19.7 Å². The summed E-state index contributed by atoms with van der Waals surface area (Å²) in [4.78, 5) is 47.1. The van der Waals surface area contributed by atoms with Gasteiger partial charge in [-0.2, -0.15) is 0 Å². The fourth-order valence-corrected chi connectivity index (χ4v) is 5.99. The number of aliphatic imine (C=N–C) groups is 1. The quantitative estimate of drug-likeness (QED) is 0.442. The first kappa shape index (κ1) is 27.3. The number of likely N-dealkylation sites (tertiary alicyclic amines) is 1. The number of amidine groups is 1. The molecule has 1 aromatic carbocycles. The Morgan fingerprint density at radius 1 is 1.19 bits per heavy atom. The summed E-state index contributed by atoms with van der Waals surface area (Å²) in [5, 5.41) is 3.11. The first-order valence-electron chi connectivity index (χ1n) is 12.5. The highest BCUT2D eigenvalue weighted by molar-refractivity contribution is 8.16. The number of thioether (sulfide) groups is 1. The molecule has 0 saturated carbocycles. The van der Waals surface area contributed by atoms with Gasteiger partial charge in [-0.05, 0) is 57.6 Å². The average Bonchev–Trinajstić information content (AvgIpc) is 3.25. The Kier molecular flexibility index (Phi) is 8.64. The maximum atomic E-state index is 13.3. The monoisotopic (exact) mass is 545 g/mol. The predicted octanol–water partition coefficient (Wildman–Crippen LogP) is 5.06. The topological polar surface area (TPSA) is 88.5 Å². The zero-order chi connectivity index (χ0) is 26.7. The fourth-order valence-electron chi connectivity index (χ4n) is 4.79. The lowest BCUT2D eigenvalue weighted by atomic mass is 9.93. The number of fused-ring (bicyclic) bond motifs is 1. The minimum Gasteiger partial charge on any atom is -0.466 e. The van der Waals surface area contributed by atoms with Crippen LogP contribution in [0.1, 0.15) is 58.6 Å². The number of ether oxygens (including phenoxy) is 2. The second-order valence-electron chi connectivity index (χ2n) is 9.45. The van der Waals surface area contributed by atoms with Crippen LogP contribution in [0.15, 0.2) is 51.6 Å². The van der Waals surface area contributed by atoms with Crippen LogP contribution in [0.3, 0.4) is 0 Å². The summed E-state index contributed by atoms with van der Waals surface area (Å²) in [6, 6.07) is 6.81. The van der Waals surface area contributed by atoms with E-state index >= 15 is 0 Å². The maximum absolute atomic E-state index is 13.3. The van der Waals surface area contributed by atoms with Crippen molar-refractivity contribution in [1.82, 2.24) is 9.80 Å². The molecule has 3 aliphatic heterocycles. The number of amides is 1. The molecule has 10 heteroatoms. The SMILES string of the molecule is CCOC(=O)C1CCN(C(=O)CC2=CSC3=NC(C)=C(C(=O)OC(C)C)[C@@H](c4ccccc4Cl)N23)CC1. The largest absolute Gasteiger partial charge is 0.466 e. The molecule has 3 aliphatic rings. The summed E-state index contributed by atoms with van der Waals surface area (Å²) in [6.45, 7) is 8.56. The number of allylic oxidation sites excluding steroid dienone is 1. The molecule has 37 heavy (non-hydrogen) atoms.